The molecule has 0 aliphatic carbocycles. The smallest absolute Gasteiger partial charge is 0.337 e. The van der Waals surface area contributed by atoms with Gasteiger partial charge in [-0.05, 0) is 31.0 Å². The summed E-state index contributed by atoms with van der Waals surface area (Å²) in [5.74, 6) is 0.975. The third kappa shape index (κ3) is 5.04. The van der Waals surface area contributed by atoms with Gasteiger partial charge in [0.15, 0.2) is 0 Å². The summed E-state index contributed by atoms with van der Waals surface area (Å²) >= 11 is 3.23. The van der Waals surface area contributed by atoms with Crippen LogP contribution in [0.15, 0.2) is 28.0 Å². The van der Waals surface area contributed by atoms with Gasteiger partial charge in [-0.3, -0.25) is 0 Å². The Labute approximate surface area is 130 Å². The zero-order chi connectivity index (χ0) is 15.0. The van der Waals surface area contributed by atoms with Crippen LogP contribution in [0.5, 0.6) is 0 Å². The molecule has 5 heteroatoms. The molecule has 20 heavy (non-hydrogen) atoms. The van der Waals surface area contributed by atoms with Crippen LogP contribution >= 0.6 is 23.5 Å². The summed E-state index contributed by atoms with van der Waals surface area (Å²) in [5, 5.41) is 9.44. The van der Waals surface area contributed by atoms with Gasteiger partial charge < -0.3 is 10.0 Å². The summed E-state index contributed by atoms with van der Waals surface area (Å²) in [6.07, 6.45) is 0. The van der Waals surface area contributed by atoms with Gasteiger partial charge in [0.1, 0.15) is 0 Å². The Morgan fingerprint density at radius 1 is 1.15 bits per heavy atom. The van der Waals surface area contributed by atoms with E-state index in [1.807, 2.05) is 25.1 Å². The minimum atomic E-state index is -0.827. The van der Waals surface area contributed by atoms with Crippen LogP contribution in [0, 0.1) is 0 Å². The van der Waals surface area contributed by atoms with Crippen LogP contribution < -0.4 is 0 Å². The Hall–Kier alpha value is -0.650. The van der Waals surface area contributed by atoms with Crippen molar-refractivity contribution in [3.63, 3.8) is 0 Å². The van der Waals surface area contributed by atoms with E-state index in [1.54, 1.807) is 23.5 Å². The monoisotopic (exact) mass is 313 g/mol. The molecule has 0 saturated carbocycles. The van der Waals surface area contributed by atoms with E-state index in [4.69, 9.17) is 0 Å². The summed E-state index contributed by atoms with van der Waals surface area (Å²) in [4.78, 5) is 15.6. The quantitative estimate of drug-likeness (QED) is 0.700. The number of carbonyl (C=O) groups is 1. The molecule has 0 unspecified atom stereocenters. The Balaban J connectivity index is 2.78. The first-order chi connectivity index (χ1) is 9.63. The van der Waals surface area contributed by atoms with Crippen LogP contribution in [0.4, 0.5) is 0 Å². The first kappa shape index (κ1) is 17.4. The van der Waals surface area contributed by atoms with Crippen molar-refractivity contribution in [1.29, 1.82) is 0 Å². The number of carboxylic acids is 1. The Morgan fingerprint density at radius 2 is 1.75 bits per heavy atom. The minimum absolute atomic E-state index is 0.462. The predicted octanol–water partition coefficient (Wildman–Crippen LogP) is 3.93. The van der Waals surface area contributed by atoms with E-state index in [9.17, 15) is 9.90 Å². The van der Waals surface area contributed by atoms with Gasteiger partial charge in [0, 0.05) is 22.1 Å². The van der Waals surface area contributed by atoms with Crippen molar-refractivity contribution >= 4 is 29.5 Å². The van der Waals surface area contributed by atoms with Crippen LogP contribution in [0.1, 0.15) is 31.1 Å². The fourth-order valence-corrected chi connectivity index (χ4v) is 3.92. The number of benzene rings is 1. The molecule has 0 spiro atoms. The standard InChI is InChI=1S/C15H23NO2S2/c1-4-16(5-2)10-11-20-13-9-7-8-12(19-6-3)14(13)15(17)18/h7-9H,4-6,10-11H2,1-3H3,(H,17,18). The number of carboxylic acid groups (broad SMARTS) is 1. The highest BCUT2D eigenvalue weighted by atomic mass is 32.2. The number of hydrogen-bond donors (Lipinski definition) is 1. The molecule has 1 rings (SSSR count). The second-order valence-electron chi connectivity index (χ2n) is 4.24. The maximum Gasteiger partial charge on any atom is 0.337 e. The lowest BCUT2D eigenvalue weighted by molar-refractivity contribution is 0.0689. The van der Waals surface area contributed by atoms with Gasteiger partial charge >= 0.3 is 5.97 Å². The second-order valence-corrected chi connectivity index (χ2v) is 6.69. The highest BCUT2D eigenvalue weighted by Crippen LogP contribution is 2.31. The largest absolute Gasteiger partial charge is 0.478 e. The molecule has 0 fully saturated rings. The summed E-state index contributed by atoms with van der Waals surface area (Å²) < 4.78 is 0. The van der Waals surface area contributed by atoms with Crippen LogP contribution in [-0.4, -0.2) is 47.1 Å². The van der Waals surface area contributed by atoms with Crippen molar-refractivity contribution < 1.29 is 9.90 Å². The molecule has 0 aliphatic heterocycles. The van der Waals surface area contributed by atoms with E-state index in [0.717, 1.165) is 40.9 Å². The van der Waals surface area contributed by atoms with Gasteiger partial charge in [-0.1, -0.05) is 26.8 Å². The van der Waals surface area contributed by atoms with Crippen LogP contribution in [0.3, 0.4) is 0 Å². The second kappa shape index (κ2) is 9.32. The van der Waals surface area contributed by atoms with Crippen molar-refractivity contribution in [3.8, 4) is 0 Å². The first-order valence-electron chi connectivity index (χ1n) is 6.98. The normalized spacial score (nSPS) is 11.0. The van der Waals surface area contributed by atoms with E-state index >= 15 is 0 Å². The number of aromatic carboxylic acids is 1. The molecule has 0 radical (unpaired) electrons. The van der Waals surface area contributed by atoms with Crippen molar-refractivity contribution in [1.82, 2.24) is 4.90 Å². The highest BCUT2D eigenvalue weighted by Gasteiger charge is 2.15. The third-order valence-electron chi connectivity index (χ3n) is 3.06. The summed E-state index contributed by atoms with van der Waals surface area (Å²) in [6.45, 7) is 9.40. The van der Waals surface area contributed by atoms with Crippen LogP contribution in [0.2, 0.25) is 0 Å². The van der Waals surface area contributed by atoms with E-state index in [1.165, 1.54) is 0 Å². The van der Waals surface area contributed by atoms with Crippen LogP contribution in [0.25, 0.3) is 0 Å². The lowest BCUT2D eigenvalue weighted by atomic mass is 10.2. The fraction of sp³-hybridized carbons (Fsp3) is 0.533. The van der Waals surface area contributed by atoms with Crippen molar-refractivity contribution in [3.05, 3.63) is 23.8 Å². The van der Waals surface area contributed by atoms with Crippen molar-refractivity contribution in [2.24, 2.45) is 0 Å². The zero-order valence-electron chi connectivity index (χ0n) is 12.4. The Morgan fingerprint density at radius 3 is 2.25 bits per heavy atom. The number of rotatable bonds is 9. The van der Waals surface area contributed by atoms with E-state index < -0.39 is 5.97 Å². The van der Waals surface area contributed by atoms with Gasteiger partial charge in [-0.2, -0.15) is 0 Å². The molecule has 0 amide bonds. The summed E-state index contributed by atoms with van der Waals surface area (Å²) in [6, 6.07) is 5.76. The molecular weight excluding hydrogens is 290 g/mol. The van der Waals surface area contributed by atoms with E-state index in [2.05, 4.69) is 18.7 Å². The van der Waals surface area contributed by atoms with Gasteiger partial charge in [0.25, 0.3) is 0 Å². The molecule has 0 atom stereocenters. The van der Waals surface area contributed by atoms with Gasteiger partial charge in [0.05, 0.1) is 5.56 Å². The van der Waals surface area contributed by atoms with Gasteiger partial charge in [0.2, 0.25) is 0 Å². The lowest BCUT2D eigenvalue weighted by Gasteiger charge is -2.18. The summed E-state index contributed by atoms with van der Waals surface area (Å²) in [7, 11) is 0. The molecule has 1 N–H and O–H groups in total. The van der Waals surface area contributed by atoms with Crippen molar-refractivity contribution in [2.75, 3.05) is 31.1 Å². The van der Waals surface area contributed by atoms with Crippen LogP contribution in [-0.2, 0) is 0 Å². The highest BCUT2D eigenvalue weighted by molar-refractivity contribution is 8.00. The molecule has 0 saturated heterocycles. The average Bonchev–Trinajstić information content (AvgIpc) is 2.44. The minimum Gasteiger partial charge on any atom is -0.478 e. The molecule has 0 aromatic heterocycles. The maximum absolute atomic E-state index is 11.5. The summed E-state index contributed by atoms with van der Waals surface area (Å²) in [5.41, 5.74) is 0.462. The third-order valence-corrected chi connectivity index (χ3v) is 5.04. The van der Waals surface area contributed by atoms with Gasteiger partial charge in [-0.25, -0.2) is 4.79 Å². The predicted molar refractivity (Wildman–Crippen MR) is 88.3 cm³/mol. The molecule has 112 valence electrons. The lowest BCUT2D eigenvalue weighted by Crippen LogP contribution is -2.25. The van der Waals surface area contributed by atoms with E-state index in [-0.39, 0.29) is 0 Å². The number of hydrogen-bond acceptors (Lipinski definition) is 4. The van der Waals surface area contributed by atoms with Crippen molar-refractivity contribution in [2.45, 2.75) is 30.6 Å². The number of thioether (sulfide) groups is 2. The molecule has 1 aromatic carbocycles. The topological polar surface area (TPSA) is 40.5 Å². The zero-order valence-corrected chi connectivity index (χ0v) is 14.0. The van der Waals surface area contributed by atoms with E-state index in [0.29, 0.717) is 5.56 Å². The molecule has 0 heterocycles. The Kier molecular flexibility index (Phi) is 8.11. The molecule has 0 bridgehead atoms. The van der Waals surface area contributed by atoms with Gasteiger partial charge in [-0.15, -0.1) is 23.5 Å². The molecule has 3 nitrogen and oxygen atoms in total. The maximum atomic E-state index is 11.5. The average molecular weight is 313 g/mol. The molecule has 1 aromatic rings. The SMILES string of the molecule is CCSc1cccc(SCCN(CC)CC)c1C(=O)O. The molecular formula is C15H23NO2S2. The fourth-order valence-electron chi connectivity index (χ4n) is 1.94. The Bertz CT molecular complexity index is 434. The molecule has 0 aliphatic rings. The first-order valence-corrected chi connectivity index (χ1v) is 8.95. The number of nitrogens with zero attached hydrogens (tertiary/aromatic N) is 1.